The van der Waals surface area contributed by atoms with Crippen molar-refractivity contribution in [2.45, 2.75) is 44.1 Å². The second-order valence-corrected chi connectivity index (χ2v) is 10.7. The second kappa shape index (κ2) is 8.40. The molecule has 2 amide bonds. The summed E-state index contributed by atoms with van der Waals surface area (Å²) in [4.78, 5) is 38.4. The van der Waals surface area contributed by atoms with Crippen LogP contribution in [0.4, 0.5) is 4.79 Å². The highest BCUT2D eigenvalue weighted by Crippen LogP contribution is 2.64. The van der Waals surface area contributed by atoms with Gasteiger partial charge in [0.25, 0.3) is 0 Å². The molecule has 3 atom stereocenters. The number of nitrogens with zero attached hydrogens (tertiary/aromatic N) is 1. The zero-order valence-electron chi connectivity index (χ0n) is 19.6. The van der Waals surface area contributed by atoms with Gasteiger partial charge in [0.05, 0.1) is 5.41 Å². The number of amides is 2. The van der Waals surface area contributed by atoms with Crippen LogP contribution in [0, 0.1) is 17.3 Å². The number of benzene rings is 2. The van der Waals surface area contributed by atoms with E-state index in [-0.39, 0.29) is 36.3 Å². The molecule has 1 saturated heterocycles. The van der Waals surface area contributed by atoms with Gasteiger partial charge in [0.15, 0.2) is 0 Å². The zero-order valence-corrected chi connectivity index (χ0v) is 19.6. The molecule has 7 nitrogen and oxygen atoms in total. The summed E-state index contributed by atoms with van der Waals surface area (Å²) >= 11 is 0. The highest BCUT2D eigenvalue weighted by Gasteiger charge is 2.66. The Hall–Kier alpha value is -3.35. The Labute approximate surface area is 204 Å². The molecule has 0 bridgehead atoms. The van der Waals surface area contributed by atoms with E-state index in [1.54, 1.807) is 0 Å². The minimum absolute atomic E-state index is 0.0264. The van der Waals surface area contributed by atoms with Crippen LogP contribution in [0.25, 0.3) is 11.1 Å². The molecule has 6 rings (SSSR count). The monoisotopic (exact) mass is 474 g/mol. The highest BCUT2D eigenvalue weighted by atomic mass is 16.5. The lowest BCUT2D eigenvalue weighted by Crippen LogP contribution is -2.53. The summed E-state index contributed by atoms with van der Waals surface area (Å²) in [6.45, 7) is 1.60. The van der Waals surface area contributed by atoms with Crippen LogP contribution >= 0.6 is 0 Å². The molecule has 182 valence electrons. The molecule has 0 unspecified atom stereocenters. The number of alkyl carbamates (subject to hydrolysis) is 1. The van der Waals surface area contributed by atoms with Gasteiger partial charge >= 0.3 is 12.1 Å². The summed E-state index contributed by atoms with van der Waals surface area (Å²) in [6, 6.07) is 16.5. The van der Waals surface area contributed by atoms with Crippen molar-refractivity contribution < 1.29 is 24.2 Å². The lowest BCUT2D eigenvalue weighted by atomic mass is 9.91. The Morgan fingerprint density at radius 1 is 1.00 bits per heavy atom. The number of aliphatic carboxylic acids is 1. The van der Waals surface area contributed by atoms with Crippen molar-refractivity contribution in [1.29, 1.82) is 0 Å². The first-order valence-electron chi connectivity index (χ1n) is 12.6. The van der Waals surface area contributed by atoms with Gasteiger partial charge < -0.3 is 20.1 Å². The number of carboxylic acids is 1. The van der Waals surface area contributed by atoms with E-state index in [1.165, 1.54) is 22.3 Å². The summed E-state index contributed by atoms with van der Waals surface area (Å²) < 4.78 is 5.69. The standard InChI is InChI=1S/C28H30N2O5/c31-25(32)10-9-17-14-30(15-17)26(33)28-12-18(28)11-19(13-28)29-27(34)35-16-24-22-7-3-1-5-20(22)21-6-2-4-8-23(21)24/h1-8,17-19,24H,9-16H2,(H,29,34)(H,31,32)/t18-,19+,28+/m1/s1. The van der Waals surface area contributed by atoms with E-state index < -0.39 is 12.1 Å². The molecular formula is C28H30N2O5. The first kappa shape index (κ1) is 22.1. The molecule has 3 fully saturated rings. The lowest BCUT2D eigenvalue weighted by molar-refractivity contribution is -0.144. The number of carboxylic acid groups (broad SMARTS) is 1. The maximum Gasteiger partial charge on any atom is 0.407 e. The van der Waals surface area contributed by atoms with Crippen LogP contribution in [0.3, 0.4) is 0 Å². The third kappa shape index (κ3) is 3.87. The van der Waals surface area contributed by atoms with Gasteiger partial charge in [-0.15, -0.1) is 0 Å². The van der Waals surface area contributed by atoms with Gasteiger partial charge in [-0.05, 0) is 59.8 Å². The topological polar surface area (TPSA) is 95.9 Å². The molecule has 2 aromatic carbocycles. The number of likely N-dealkylation sites (tertiary alicyclic amines) is 1. The van der Waals surface area contributed by atoms with Crippen LogP contribution in [0.2, 0.25) is 0 Å². The van der Waals surface area contributed by atoms with Gasteiger partial charge in [0.2, 0.25) is 5.91 Å². The molecule has 0 radical (unpaired) electrons. The van der Waals surface area contributed by atoms with Crippen molar-refractivity contribution in [3.8, 4) is 11.1 Å². The number of hydrogen-bond donors (Lipinski definition) is 2. The summed E-state index contributed by atoms with van der Waals surface area (Å²) in [7, 11) is 0. The first-order valence-corrected chi connectivity index (χ1v) is 12.6. The number of carbonyl (C=O) groups excluding carboxylic acids is 2. The van der Waals surface area contributed by atoms with Crippen molar-refractivity contribution in [2.75, 3.05) is 19.7 Å². The Balaban J connectivity index is 1.01. The molecule has 2 saturated carbocycles. The fourth-order valence-electron chi connectivity index (χ4n) is 6.63. The molecule has 2 N–H and O–H groups in total. The van der Waals surface area contributed by atoms with Gasteiger partial charge in [-0.1, -0.05) is 48.5 Å². The number of rotatable bonds is 7. The predicted molar refractivity (Wildman–Crippen MR) is 129 cm³/mol. The molecular weight excluding hydrogens is 444 g/mol. The summed E-state index contributed by atoms with van der Waals surface area (Å²) in [6.07, 6.45) is 2.74. The number of fused-ring (bicyclic) bond motifs is 4. The third-order valence-electron chi connectivity index (χ3n) is 8.51. The normalized spacial score (nSPS) is 26.3. The van der Waals surface area contributed by atoms with Gasteiger partial charge in [-0.25, -0.2) is 4.79 Å². The van der Waals surface area contributed by atoms with Gasteiger partial charge in [0.1, 0.15) is 6.61 Å². The van der Waals surface area contributed by atoms with E-state index in [0.717, 1.165) is 12.8 Å². The van der Waals surface area contributed by atoms with Crippen LogP contribution in [-0.2, 0) is 14.3 Å². The van der Waals surface area contributed by atoms with E-state index in [2.05, 4.69) is 29.6 Å². The molecule has 3 aliphatic carbocycles. The van der Waals surface area contributed by atoms with Crippen LogP contribution in [0.5, 0.6) is 0 Å². The minimum atomic E-state index is -0.784. The maximum atomic E-state index is 13.1. The SMILES string of the molecule is O=C(O)CCC1CN(C(=O)[C@@]23C[C@@H](NC(=O)OCC4c5ccccc5-c5ccccc54)C[C@@H]2C3)C1. The highest BCUT2D eigenvalue weighted by molar-refractivity contribution is 5.87. The van der Waals surface area contributed by atoms with Crippen molar-refractivity contribution in [1.82, 2.24) is 10.2 Å². The number of hydrogen-bond acceptors (Lipinski definition) is 4. The number of nitrogens with one attached hydrogen (secondary N) is 1. The van der Waals surface area contributed by atoms with Gasteiger partial charge in [-0.2, -0.15) is 0 Å². The van der Waals surface area contributed by atoms with E-state index in [1.807, 2.05) is 29.2 Å². The minimum Gasteiger partial charge on any atom is -0.481 e. The van der Waals surface area contributed by atoms with E-state index >= 15 is 0 Å². The Kier molecular flexibility index (Phi) is 5.31. The smallest absolute Gasteiger partial charge is 0.407 e. The quantitative estimate of drug-likeness (QED) is 0.632. The first-order chi connectivity index (χ1) is 16.9. The second-order valence-electron chi connectivity index (χ2n) is 10.7. The van der Waals surface area contributed by atoms with Crippen LogP contribution in [-0.4, -0.2) is 53.7 Å². The zero-order chi connectivity index (χ0) is 24.2. The molecule has 2 aromatic rings. The van der Waals surface area contributed by atoms with Gasteiger partial charge in [-0.3, -0.25) is 9.59 Å². The third-order valence-corrected chi connectivity index (χ3v) is 8.51. The van der Waals surface area contributed by atoms with Crippen molar-refractivity contribution in [3.63, 3.8) is 0 Å². The molecule has 35 heavy (non-hydrogen) atoms. The molecule has 0 spiro atoms. The average Bonchev–Trinajstić information content (AvgIpc) is 3.24. The Morgan fingerprint density at radius 3 is 2.31 bits per heavy atom. The molecule has 7 heteroatoms. The summed E-state index contributed by atoms with van der Waals surface area (Å²) in [5, 5.41) is 11.9. The fourth-order valence-corrected chi connectivity index (χ4v) is 6.63. The molecule has 4 aliphatic rings. The average molecular weight is 475 g/mol. The molecule has 1 heterocycles. The van der Waals surface area contributed by atoms with Gasteiger partial charge in [0, 0.05) is 31.5 Å². The van der Waals surface area contributed by atoms with Crippen molar-refractivity contribution >= 4 is 18.0 Å². The predicted octanol–water partition coefficient (Wildman–Crippen LogP) is 4.02. The Bertz CT molecular complexity index is 1140. The summed E-state index contributed by atoms with van der Waals surface area (Å²) in [5.41, 5.74) is 4.43. The van der Waals surface area contributed by atoms with Crippen molar-refractivity contribution in [3.05, 3.63) is 59.7 Å². The van der Waals surface area contributed by atoms with E-state index in [4.69, 9.17) is 9.84 Å². The van der Waals surface area contributed by atoms with E-state index in [0.29, 0.717) is 37.8 Å². The lowest BCUT2D eigenvalue weighted by Gasteiger charge is -2.41. The van der Waals surface area contributed by atoms with Crippen LogP contribution < -0.4 is 5.32 Å². The maximum absolute atomic E-state index is 13.1. The molecule has 0 aromatic heterocycles. The fraction of sp³-hybridized carbons (Fsp3) is 0.464. The summed E-state index contributed by atoms with van der Waals surface area (Å²) in [5.74, 6) is 0.0461. The van der Waals surface area contributed by atoms with E-state index in [9.17, 15) is 14.4 Å². The number of carbonyl (C=O) groups is 3. The largest absolute Gasteiger partial charge is 0.481 e. The Morgan fingerprint density at radius 2 is 1.66 bits per heavy atom. The van der Waals surface area contributed by atoms with Crippen LogP contribution in [0.1, 0.15) is 49.1 Å². The number of ether oxygens (including phenoxy) is 1. The molecule has 1 aliphatic heterocycles. The van der Waals surface area contributed by atoms with Crippen molar-refractivity contribution in [2.24, 2.45) is 17.3 Å². The van der Waals surface area contributed by atoms with Crippen LogP contribution in [0.15, 0.2) is 48.5 Å².